The molecule has 0 aromatic heterocycles. The van der Waals surface area contributed by atoms with Crippen molar-refractivity contribution in [1.29, 1.82) is 0 Å². The molecular formula is C12H26N2O3S. The first kappa shape index (κ1) is 15.9. The van der Waals surface area contributed by atoms with Crippen molar-refractivity contribution in [2.24, 2.45) is 5.41 Å². The predicted octanol–water partition coefficient (Wildman–Crippen LogP) is 0.721. The van der Waals surface area contributed by atoms with Gasteiger partial charge in [-0.3, -0.25) is 0 Å². The Morgan fingerprint density at radius 1 is 1.33 bits per heavy atom. The van der Waals surface area contributed by atoms with Gasteiger partial charge in [-0.25, -0.2) is 13.1 Å². The van der Waals surface area contributed by atoms with E-state index in [2.05, 4.69) is 10.0 Å². The molecule has 0 aromatic carbocycles. The van der Waals surface area contributed by atoms with Crippen LogP contribution in [0.1, 0.15) is 33.1 Å². The third-order valence-electron chi connectivity index (χ3n) is 3.13. The van der Waals surface area contributed by atoms with Crippen LogP contribution in [0, 0.1) is 5.41 Å². The van der Waals surface area contributed by atoms with E-state index in [9.17, 15) is 8.42 Å². The minimum Gasteiger partial charge on any atom is -0.385 e. The number of nitrogens with one attached hydrogen (secondary N) is 2. The molecule has 2 N–H and O–H groups in total. The van der Waals surface area contributed by atoms with E-state index < -0.39 is 10.0 Å². The van der Waals surface area contributed by atoms with E-state index in [-0.39, 0.29) is 11.2 Å². The summed E-state index contributed by atoms with van der Waals surface area (Å²) < 4.78 is 31.2. The van der Waals surface area contributed by atoms with Crippen molar-refractivity contribution in [2.75, 3.05) is 32.6 Å². The van der Waals surface area contributed by atoms with E-state index in [1.54, 1.807) is 7.11 Å². The lowest BCUT2D eigenvalue weighted by atomic mass is 9.90. The van der Waals surface area contributed by atoms with Crippen molar-refractivity contribution in [3.63, 3.8) is 0 Å². The zero-order chi connectivity index (χ0) is 13.6. The van der Waals surface area contributed by atoms with Gasteiger partial charge in [-0.1, -0.05) is 13.8 Å². The fourth-order valence-corrected chi connectivity index (χ4v) is 2.67. The Labute approximate surface area is 111 Å². The van der Waals surface area contributed by atoms with Crippen molar-refractivity contribution in [2.45, 2.75) is 39.2 Å². The van der Waals surface area contributed by atoms with Crippen LogP contribution < -0.4 is 10.0 Å². The smallest absolute Gasteiger partial charge is 0.212 e. The molecule has 1 fully saturated rings. The van der Waals surface area contributed by atoms with Gasteiger partial charge in [0.05, 0.1) is 5.75 Å². The highest BCUT2D eigenvalue weighted by atomic mass is 32.2. The van der Waals surface area contributed by atoms with Crippen LogP contribution >= 0.6 is 0 Å². The van der Waals surface area contributed by atoms with Crippen molar-refractivity contribution in [3.8, 4) is 0 Å². The molecule has 18 heavy (non-hydrogen) atoms. The Morgan fingerprint density at radius 3 is 2.56 bits per heavy atom. The molecule has 1 rings (SSSR count). The molecule has 0 radical (unpaired) electrons. The van der Waals surface area contributed by atoms with E-state index in [1.807, 2.05) is 13.8 Å². The molecule has 0 aliphatic heterocycles. The van der Waals surface area contributed by atoms with Crippen LogP contribution in [0.3, 0.4) is 0 Å². The molecule has 0 bridgehead atoms. The molecule has 0 unspecified atom stereocenters. The number of hydrogen-bond donors (Lipinski definition) is 2. The molecule has 1 saturated carbocycles. The second-order valence-corrected chi connectivity index (χ2v) is 7.70. The average Bonchev–Trinajstić information content (AvgIpc) is 3.08. The lowest BCUT2D eigenvalue weighted by molar-refractivity contribution is 0.153. The second-order valence-electron chi connectivity index (χ2n) is 5.78. The Hall–Kier alpha value is -0.170. The van der Waals surface area contributed by atoms with E-state index >= 15 is 0 Å². The van der Waals surface area contributed by atoms with Crippen LogP contribution in [0.2, 0.25) is 0 Å². The summed E-state index contributed by atoms with van der Waals surface area (Å²) in [6.45, 7) is 5.73. The molecule has 0 aromatic rings. The van der Waals surface area contributed by atoms with Gasteiger partial charge in [-0.05, 0) is 24.7 Å². The van der Waals surface area contributed by atoms with Gasteiger partial charge in [-0.2, -0.15) is 0 Å². The van der Waals surface area contributed by atoms with Crippen LogP contribution in [0.5, 0.6) is 0 Å². The third kappa shape index (κ3) is 7.31. The summed E-state index contributed by atoms with van der Waals surface area (Å²) in [6, 6.07) is 0.554. The largest absolute Gasteiger partial charge is 0.385 e. The lowest BCUT2D eigenvalue weighted by Crippen LogP contribution is -2.38. The molecular weight excluding hydrogens is 252 g/mol. The quantitative estimate of drug-likeness (QED) is 0.618. The number of hydrogen-bond acceptors (Lipinski definition) is 4. The van der Waals surface area contributed by atoms with Gasteiger partial charge in [0.2, 0.25) is 10.0 Å². The number of sulfonamides is 1. The van der Waals surface area contributed by atoms with Crippen molar-refractivity contribution in [1.82, 2.24) is 10.0 Å². The van der Waals surface area contributed by atoms with Crippen molar-refractivity contribution >= 4 is 10.0 Å². The number of methoxy groups -OCH3 is 1. The molecule has 0 saturated heterocycles. The zero-order valence-corrected chi connectivity index (χ0v) is 12.5. The Balaban J connectivity index is 2.21. The molecule has 0 amide bonds. The topological polar surface area (TPSA) is 67.4 Å². The average molecular weight is 278 g/mol. The minimum absolute atomic E-state index is 0.0764. The maximum Gasteiger partial charge on any atom is 0.212 e. The molecule has 1 aliphatic rings. The zero-order valence-electron chi connectivity index (χ0n) is 11.7. The van der Waals surface area contributed by atoms with Crippen LogP contribution in [-0.2, 0) is 14.8 Å². The summed E-state index contributed by atoms with van der Waals surface area (Å²) in [5.41, 5.74) is -0.0764. The van der Waals surface area contributed by atoms with Gasteiger partial charge in [0.1, 0.15) is 0 Å². The fraction of sp³-hybridized carbons (Fsp3) is 1.00. The maximum atomic E-state index is 11.8. The van der Waals surface area contributed by atoms with E-state index in [4.69, 9.17) is 4.74 Å². The maximum absolute atomic E-state index is 11.8. The predicted molar refractivity (Wildman–Crippen MR) is 73.1 cm³/mol. The number of ether oxygens (including phenoxy) is 1. The minimum atomic E-state index is -3.16. The lowest BCUT2D eigenvalue weighted by Gasteiger charge is -2.24. The van der Waals surface area contributed by atoms with Crippen LogP contribution in [0.4, 0.5) is 0 Å². The summed E-state index contributed by atoms with van der Waals surface area (Å²) in [5.74, 6) is 0.157. The molecule has 1 aliphatic carbocycles. The molecule has 108 valence electrons. The van der Waals surface area contributed by atoms with Gasteiger partial charge in [0.25, 0.3) is 0 Å². The Kier molecular flexibility index (Phi) is 6.04. The van der Waals surface area contributed by atoms with Gasteiger partial charge >= 0.3 is 0 Å². The standard InChI is InChI=1S/C12H26N2O3S/c1-12(2,6-8-17-3)10-14-18(15,16)9-7-13-11-4-5-11/h11,13-14H,4-10H2,1-3H3. The highest BCUT2D eigenvalue weighted by Gasteiger charge is 2.23. The molecule has 6 heteroatoms. The molecule has 0 atom stereocenters. The monoisotopic (exact) mass is 278 g/mol. The Bertz CT molecular complexity index is 337. The van der Waals surface area contributed by atoms with Gasteiger partial charge in [-0.15, -0.1) is 0 Å². The van der Waals surface area contributed by atoms with E-state index in [0.29, 0.717) is 25.7 Å². The molecule has 0 spiro atoms. The van der Waals surface area contributed by atoms with Crippen molar-refractivity contribution in [3.05, 3.63) is 0 Å². The first-order chi connectivity index (χ1) is 8.35. The fourth-order valence-electron chi connectivity index (χ4n) is 1.53. The first-order valence-corrected chi connectivity index (χ1v) is 8.19. The van der Waals surface area contributed by atoms with Gasteiger partial charge < -0.3 is 10.1 Å². The molecule has 5 nitrogen and oxygen atoms in total. The van der Waals surface area contributed by atoms with E-state index in [0.717, 1.165) is 6.42 Å². The third-order valence-corrected chi connectivity index (χ3v) is 4.46. The summed E-state index contributed by atoms with van der Waals surface area (Å²) in [7, 11) is -1.50. The van der Waals surface area contributed by atoms with E-state index in [1.165, 1.54) is 12.8 Å². The molecule has 0 heterocycles. The second kappa shape index (κ2) is 6.84. The highest BCUT2D eigenvalue weighted by molar-refractivity contribution is 7.89. The van der Waals surface area contributed by atoms with Crippen LogP contribution in [0.25, 0.3) is 0 Å². The normalized spacial score (nSPS) is 17.1. The summed E-state index contributed by atoms with van der Waals surface area (Å²) in [5, 5.41) is 3.20. The van der Waals surface area contributed by atoms with Gasteiger partial charge in [0.15, 0.2) is 0 Å². The van der Waals surface area contributed by atoms with Crippen LogP contribution in [0.15, 0.2) is 0 Å². The summed E-state index contributed by atoms with van der Waals surface area (Å²) >= 11 is 0. The first-order valence-electron chi connectivity index (χ1n) is 6.54. The van der Waals surface area contributed by atoms with Crippen molar-refractivity contribution < 1.29 is 13.2 Å². The summed E-state index contributed by atoms with van der Waals surface area (Å²) in [4.78, 5) is 0. The summed E-state index contributed by atoms with van der Waals surface area (Å²) in [6.07, 6.45) is 3.20. The SMILES string of the molecule is COCCC(C)(C)CNS(=O)(=O)CCNC1CC1. The van der Waals surface area contributed by atoms with Crippen LogP contribution in [-0.4, -0.2) is 47.0 Å². The Morgan fingerprint density at radius 2 is 2.00 bits per heavy atom. The number of rotatable bonds is 10. The van der Waals surface area contributed by atoms with Gasteiger partial charge in [0, 0.05) is 32.8 Å². The highest BCUT2D eigenvalue weighted by Crippen LogP contribution is 2.19.